The number of amides is 1. The topological polar surface area (TPSA) is 46.3 Å². The van der Waals surface area contributed by atoms with Crippen LogP contribution in [0.2, 0.25) is 0 Å². The summed E-state index contributed by atoms with van der Waals surface area (Å²) < 4.78 is 0. The summed E-state index contributed by atoms with van der Waals surface area (Å²) in [4.78, 5) is 12.9. The number of anilines is 2. The summed E-state index contributed by atoms with van der Waals surface area (Å²) in [6.45, 7) is 4.26. The molecule has 0 aliphatic rings. The lowest BCUT2D eigenvalue weighted by molar-refractivity contribution is -0.107. The van der Waals surface area contributed by atoms with E-state index in [9.17, 15) is 4.79 Å². The van der Waals surface area contributed by atoms with Gasteiger partial charge in [-0.25, -0.2) is 0 Å². The normalized spacial score (nSPS) is 12.1. The molecular weight excluding hydrogens is 212 g/mol. The van der Waals surface area contributed by atoms with Gasteiger partial charge < -0.3 is 10.6 Å². The Bertz CT molecular complexity index is 352. The molecule has 0 aliphatic carbocycles. The fourth-order valence-electron chi connectivity index (χ4n) is 1.93. The zero-order valence-corrected chi connectivity index (χ0v) is 10.7. The quantitative estimate of drug-likeness (QED) is 0.447. The highest BCUT2D eigenvalue weighted by Crippen LogP contribution is 2.20. The first-order chi connectivity index (χ1) is 8.19. The number of benzene rings is 1. The third kappa shape index (κ3) is 4.10. The zero-order chi connectivity index (χ0) is 12.7. The second-order valence-electron chi connectivity index (χ2n) is 4.45. The molecule has 1 aromatic rings. The van der Waals surface area contributed by atoms with E-state index in [-0.39, 0.29) is 6.04 Å². The fourth-order valence-corrected chi connectivity index (χ4v) is 1.93. The van der Waals surface area contributed by atoms with Gasteiger partial charge in [0.1, 0.15) is 0 Å². The van der Waals surface area contributed by atoms with Gasteiger partial charge in [0, 0.05) is 17.4 Å². The number of carbonyl (C=O) groups is 1. The van der Waals surface area contributed by atoms with E-state index >= 15 is 0 Å². The van der Waals surface area contributed by atoms with Crippen LogP contribution >= 0.6 is 0 Å². The van der Waals surface area contributed by atoms with Crippen molar-refractivity contribution < 1.29 is 4.79 Å². The van der Waals surface area contributed by atoms with Crippen LogP contribution in [-0.2, 0) is 4.79 Å². The average Bonchev–Trinajstić information content (AvgIpc) is 2.30. The predicted molar refractivity (Wildman–Crippen MR) is 73.0 cm³/mol. The van der Waals surface area contributed by atoms with Crippen molar-refractivity contribution in [2.75, 3.05) is 10.6 Å². The van der Waals surface area contributed by atoms with Crippen molar-refractivity contribution >= 4 is 17.8 Å². The van der Waals surface area contributed by atoms with Crippen molar-refractivity contribution in [1.29, 1.82) is 0 Å². The maximum atomic E-state index is 11.2. The number of hydrogen-bond donors (Lipinski definition) is 1. The second-order valence-corrected chi connectivity index (χ2v) is 4.45. The SMILES string of the molecule is CCCCCC(C)N(C=O)c1cccc(N)c1. The lowest BCUT2D eigenvalue weighted by Crippen LogP contribution is -2.31. The van der Waals surface area contributed by atoms with Crippen molar-refractivity contribution in [3.63, 3.8) is 0 Å². The molecule has 1 atom stereocenters. The van der Waals surface area contributed by atoms with Gasteiger partial charge in [-0.3, -0.25) is 4.79 Å². The number of rotatable bonds is 7. The molecule has 0 aromatic heterocycles. The first-order valence-corrected chi connectivity index (χ1v) is 6.28. The van der Waals surface area contributed by atoms with Gasteiger partial charge in [-0.1, -0.05) is 32.3 Å². The molecule has 0 radical (unpaired) electrons. The van der Waals surface area contributed by atoms with Crippen LogP contribution < -0.4 is 10.6 Å². The molecule has 1 rings (SSSR count). The van der Waals surface area contributed by atoms with Crippen molar-refractivity contribution in [2.24, 2.45) is 0 Å². The Morgan fingerprint density at radius 3 is 2.76 bits per heavy atom. The zero-order valence-electron chi connectivity index (χ0n) is 10.7. The number of nitrogen functional groups attached to an aromatic ring is 1. The van der Waals surface area contributed by atoms with Crippen LogP contribution in [-0.4, -0.2) is 12.5 Å². The van der Waals surface area contributed by atoms with E-state index in [0.717, 1.165) is 24.9 Å². The molecule has 1 amide bonds. The van der Waals surface area contributed by atoms with E-state index in [4.69, 9.17) is 5.73 Å². The molecule has 2 N–H and O–H groups in total. The summed E-state index contributed by atoms with van der Waals surface area (Å²) in [5, 5.41) is 0. The Kier molecular flexibility index (Phi) is 5.53. The summed E-state index contributed by atoms with van der Waals surface area (Å²) in [6.07, 6.45) is 5.50. The van der Waals surface area contributed by atoms with E-state index < -0.39 is 0 Å². The number of carbonyl (C=O) groups excluding carboxylic acids is 1. The van der Waals surface area contributed by atoms with Gasteiger partial charge in [-0.2, -0.15) is 0 Å². The number of nitrogens with two attached hydrogens (primary N) is 1. The molecule has 1 unspecified atom stereocenters. The third-order valence-corrected chi connectivity index (χ3v) is 2.98. The number of hydrogen-bond acceptors (Lipinski definition) is 2. The van der Waals surface area contributed by atoms with Gasteiger partial charge in [-0.15, -0.1) is 0 Å². The van der Waals surface area contributed by atoms with Crippen LogP contribution in [0.4, 0.5) is 11.4 Å². The maximum Gasteiger partial charge on any atom is 0.214 e. The minimum atomic E-state index is 0.223. The van der Waals surface area contributed by atoms with Gasteiger partial charge in [0.25, 0.3) is 0 Å². The van der Waals surface area contributed by atoms with Crippen molar-refractivity contribution in [3.05, 3.63) is 24.3 Å². The van der Waals surface area contributed by atoms with E-state index in [2.05, 4.69) is 13.8 Å². The Balaban J connectivity index is 2.67. The van der Waals surface area contributed by atoms with E-state index in [1.54, 1.807) is 4.90 Å². The molecule has 0 saturated carbocycles. The largest absolute Gasteiger partial charge is 0.399 e. The monoisotopic (exact) mass is 234 g/mol. The molecule has 0 spiro atoms. The standard InChI is InChI=1S/C14H22N2O/c1-3-4-5-7-12(2)16(11-17)14-9-6-8-13(15)10-14/h6,8-12H,3-5,7,15H2,1-2H3. The molecule has 3 nitrogen and oxygen atoms in total. The Morgan fingerprint density at radius 2 is 2.18 bits per heavy atom. The number of unbranched alkanes of at least 4 members (excludes halogenated alkanes) is 2. The highest BCUT2D eigenvalue weighted by molar-refractivity contribution is 5.77. The van der Waals surface area contributed by atoms with Gasteiger partial charge in [0.2, 0.25) is 6.41 Å². The van der Waals surface area contributed by atoms with Gasteiger partial charge in [-0.05, 0) is 31.5 Å². The fraction of sp³-hybridized carbons (Fsp3) is 0.500. The molecule has 0 saturated heterocycles. The van der Waals surface area contributed by atoms with Crippen LogP contribution in [0.1, 0.15) is 39.5 Å². The van der Waals surface area contributed by atoms with Crippen LogP contribution in [0.15, 0.2) is 24.3 Å². The summed E-state index contributed by atoms with van der Waals surface area (Å²) in [5.74, 6) is 0. The van der Waals surface area contributed by atoms with Crippen LogP contribution in [0.5, 0.6) is 0 Å². The van der Waals surface area contributed by atoms with Gasteiger partial charge in [0.15, 0.2) is 0 Å². The maximum absolute atomic E-state index is 11.2. The highest BCUT2D eigenvalue weighted by Gasteiger charge is 2.13. The van der Waals surface area contributed by atoms with Crippen molar-refractivity contribution in [3.8, 4) is 0 Å². The minimum absolute atomic E-state index is 0.223. The van der Waals surface area contributed by atoms with Gasteiger partial charge in [0.05, 0.1) is 0 Å². The Hall–Kier alpha value is -1.51. The van der Waals surface area contributed by atoms with E-state index in [1.807, 2.05) is 24.3 Å². The van der Waals surface area contributed by atoms with E-state index in [0.29, 0.717) is 5.69 Å². The minimum Gasteiger partial charge on any atom is -0.399 e. The van der Waals surface area contributed by atoms with Crippen LogP contribution in [0, 0.1) is 0 Å². The first kappa shape index (κ1) is 13.6. The summed E-state index contributed by atoms with van der Waals surface area (Å²) in [7, 11) is 0. The average molecular weight is 234 g/mol. The molecule has 17 heavy (non-hydrogen) atoms. The predicted octanol–water partition coefficient (Wildman–Crippen LogP) is 3.20. The number of nitrogens with zero attached hydrogens (tertiary/aromatic N) is 1. The molecule has 94 valence electrons. The lowest BCUT2D eigenvalue weighted by atomic mass is 10.1. The van der Waals surface area contributed by atoms with Crippen molar-refractivity contribution in [1.82, 2.24) is 0 Å². The molecule has 3 heteroatoms. The summed E-state index contributed by atoms with van der Waals surface area (Å²) in [6, 6.07) is 7.68. The summed E-state index contributed by atoms with van der Waals surface area (Å²) in [5.41, 5.74) is 7.30. The molecule has 0 bridgehead atoms. The first-order valence-electron chi connectivity index (χ1n) is 6.28. The second kappa shape index (κ2) is 6.94. The molecule has 1 aromatic carbocycles. The Morgan fingerprint density at radius 1 is 1.41 bits per heavy atom. The van der Waals surface area contributed by atoms with E-state index in [1.165, 1.54) is 12.8 Å². The Labute approximate surface area is 104 Å². The van der Waals surface area contributed by atoms with Crippen molar-refractivity contribution in [2.45, 2.75) is 45.6 Å². The highest BCUT2D eigenvalue weighted by atomic mass is 16.1. The molecular formula is C14H22N2O. The van der Waals surface area contributed by atoms with Crippen LogP contribution in [0.25, 0.3) is 0 Å². The molecule has 0 aliphatic heterocycles. The summed E-state index contributed by atoms with van der Waals surface area (Å²) >= 11 is 0. The molecule has 0 heterocycles. The third-order valence-electron chi connectivity index (χ3n) is 2.98. The lowest BCUT2D eigenvalue weighted by Gasteiger charge is -2.25. The molecule has 0 fully saturated rings. The van der Waals surface area contributed by atoms with Crippen LogP contribution in [0.3, 0.4) is 0 Å². The van der Waals surface area contributed by atoms with Gasteiger partial charge >= 0.3 is 0 Å². The smallest absolute Gasteiger partial charge is 0.214 e.